The highest BCUT2D eigenvalue weighted by Gasteiger charge is 2.15. The van der Waals surface area contributed by atoms with Crippen molar-refractivity contribution in [1.29, 1.82) is 0 Å². The molecule has 5 nitrogen and oxygen atoms in total. The van der Waals surface area contributed by atoms with Gasteiger partial charge in [-0.2, -0.15) is 0 Å². The molecular weight excluding hydrogens is 244 g/mol. The van der Waals surface area contributed by atoms with Crippen molar-refractivity contribution in [3.05, 3.63) is 0 Å². The Morgan fingerprint density at radius 2 is 2.11 bits per heavy atom. The van der Waals surface area contributed by atoms with Crippen molar-refractivity contribution >= 4 is 5.91 Å². The molecule has 1 rings (SSSR count). The minimum Gasteiger partial charge on any atom is -0.381 e. The lowest BCUT2D eigenvalue weighted by atomic mass is 10.0. The Kier molecular flexibility index (Phi) is 8.02. The summed E-state index contributed by atoms with van der Waals surface area (Å²) in [5.74, 6) is 0.386. The molecule has 1 aliphatic heterocycles. The lowest BCUT2D eigenvalue weighted by Crippen LogP contribution is -2.41. The zero-order valence-electron chi connectivity index (χ0n) is 12.2. The topological polar surface area (TPSA) is 73.6 Å². The van der Waals surface area contributed by atoms with E-state index in [0.717, 1.165) is 38.9 Å². The fraction of sp³-hybridized carbons (Fsp3) is 0.929. The number of carbonyl (C=O) groups is 1. The van der Waals surface area contributed by atoms with Gasteiger partial charge in [0.05, 0.1) is 12.1 Å². The first-order valence-corrected chi connectivity index (χ1v) is 7.32. The lowest BCUT2D eigenvalue weighted by molar-refractivity contribution is -0.122. The standard InChI is InChI=1S/C14H28N2O3/c1-11(2)10-13(15)14(17)16-6-3-7-19-12-4-8-18-9-5-12/h11-13H,3-10,15H2,1-2H3,(H,16,17)/t13-/m0/s1. The Balaban J connectivity index is 1.99. The number of hydrogen-bond acceptors (Lipinski definition) is 4. The average molecular weight is 272 g/mol. The van der Waals surface area contributed by atoms with Crippen molar-refractivity contribution in [2.24, 2.45) is 11.7 Å². The molecule has 0 aromatic carbocycles. The van der Waals surface area contributed by atoms with Crippen molar-refractivity contribution < 1.29 is 14.3 Å². The molecule has 0 bridgehead atoms. The van der Waals surface area contributed by atoms with E-state index in [1.54, 1.807) is 0 Å². The molecule has 0 saturated carbocycles. The second-order valence-electron chi connectivity index (χ2n) is 5.56. The summed E-state index contributed by atoms with van der Waals surface area (Å²) in [6.07, 6.45) is 3.84. The highest BCUT2D eigenvalue weighted by Crippen LogP contribution is 2.10. The van der Waals surface area contributed by atoms with Crippen LogP contribution in [0.15, 0.2) is 0 Å². The number of carbonyl (C=O) groups excluding carboxylic acids is 1. The maximum absolute atomic E-state index is 11.6. The molecule has 1 amide bonds. The Bertz CT molecular complexity index is 253. The molecule has 1 fully saturated rings. The predicted molar refractivity (Wildman–Crippen MR) is 74.9 cm³/mol. The summed E-state index contributed by atoms with van der Waals surface area (Å²) in [5.41, 5.74) is 5.79. The van der Waals surface area contributed by atoms with Crippen LogP contribution in [0.25, 0.3) is 0 Å². The first-order chi connectivity index (χ1) is 9.09. The Labute approximate surface area is 116 Å². The second-order valence-corrected chi connectivity index (χ2v) is 5.56. The largest absolute Gasteiger partial charge is 0.381 e. The van der Waals surface area contributed by atoms with Crippen LogP contribution >= 0.6 is 0 Å². The molecule has 1 heterocycles. The van der Waals surface area contributed by atoms with Crippen LogP contribution in [0.1, 0.15) is 39.5 Å². The van der Waals surface area contributed by atoms with E-state index in [0.29, 0.717) is 25.2 Å². The van der Waals surface area contributed by atoms with Crippen LogP contribution < -0.4 is 11.1 Å². The molecule has 5 heteroatoms. The molecule has 19 heavy (non-hydrogen) atoms. The Hall–Kier alpha value is -0.650. The van der Waals surface area contributed by atoms with Crippen molar-refractivity contribution in [2.75, 3.05) is 26.4 Å². The van der Waals surface area contributed by atoms with Gasteiger partial charge >= 0.3 is 0 Å². The quantitative estimate of drug-likeness (QED) is 0.648. The van der Waals surface area contributed by atoms with Crippen molar-refractivity contribution in [3.8, 4) is 0 Å². The second kappa shape index (κ2) is 9.28. The molecule has 0 spiro atoms. The minimum atomic E-state index is -0.392. The smallest absolute Gasteiger partial charge is 0.236 e. The Morgan fingerprint density at radius 3 is 2.74 bits per heavy atom. The van der Waals surface area contributed by atoms with Crippen molar-refractivity contribution in [3.63, 3.8) is 0 Å². The van der Waals surface area contributed by atoms with Gasteiger partial charge in [-0.15, -0.1) is 0 Å². The maximum Gasteiger partial charge on any atom is 0.236 e. The van der Waals surface area contributed by atoms with Gasteiger partial charge in [-0.05, 0) is 31.6 Å². The highest BCUT2D eigenvalue weighted by atomic mass is 16.5. The molecule has 0 aromatic heterocycles. The Morgan fingerprint density at radius 1 is 1.42 bits per heavy atom. The van der Waals surface area contributed by atoms with Crippen LogP contribution in [0.2, 0.25) is 0 Å². The molecule has 3 N–H and O–H groups in total. The molecule has 1 atom stereocenters. The van der Waals surface area contributed by atoms with Crippen LogP contribution in [-0.2, 0) is 14.3 Å². The minimum absolute atomic E-state index is 0.0558. The van der Waals surface area contributed by atoms with Crippen LogP contribution in [0.3, 0.4) is 0 Å². The summed E-state index contributed by atoms with van der Waals surface area (Å²) in [5, 5.41) is 2.86. The van der Waals surface area contributed by atoms with E-state index in [1.807, 2.05) is 0 Å². The zero-order valence-corrected chi connectivity index (χ0v) is 12.2. The van der Waals surface area contributed by atoms with Crippen molar-refractivity contribution in [1.82, 2.24) is 5.32 Å². The third-order valence-electron chi connectivity index (χ3n) is 3.20. The third kappa shape index (κ3) is 7.50. The molecule has 0 unspecified atom stereocenters. The van der Waals surface area contributed by atoms with Crippen molar-refractivity contribution in [2.45, 2.75) is 51.7 Å². The van der Waals surface area contributed by atoms with E-state index in [2.05, 4.69) is 19.2 Å². The van der Waals surface area contributed by atoms with Gasteiger partial charge in [-0.1, -0.05) is 13.8 Å². The molecular formula is C14H28N2O3. The predicted octanol–water partition coefficient (Wildman–Crippen LogP) is 1.06. The van der Waals surface area contributed by atoms with Gasteiger partial charge in [0.25, 0.3) is 0 Å². The SMILES string of the molecule is CC(C)C[C@H](N)C(=O)NCCCOC1CCOCC1. The molecule has 0 aliphatic carbocycles. The fourth-order valence-electron chi connectivity index (χ4n) is 2.12. The highest BCUT2D eigenvalue weighted by molar-refractivity contribution is 5.81. The lowest BCUT2D eigenvalue weighted by Gasteiger charge is -2.22. The number of amides is 1. The summed E-state index contributed by atoms with van der Waals surface area (Å²) in [6, 6.07) is -0.392. The number of rotatable bonds is 8. The summed E-state index contributed by atoms with van der Waals surface area (Å²) < 4.78 is 11.0. The summed E-state index contributed by atoms with van der Waals surface area (Å²) in [6.45, 7) is 7.04. The first-order valence-electron chi connectivity index (χ1n) is 7.32. The summed E-state index contributed by atoms with van der Waals surface area (Å²) in [4.78, 5) is 11.6. The van der Waals surface area contributed by atoms with Crippen LogP contribution in [0.4, 0.5) is 0 Å². The zero-order chi connectivity index (χ0) is 14.1. The molecule has 0 aromatic rings. The van der Waals surface area contributed by atoms with E-state index < -0.39 is 6.04 Å². The average Bonchev–Trinajstić information content (AvgIpc) is 2.38. The number of nitrogens with two attached hydrogens (primary N) is 1. The van der Waals surface area contributed by atoms with E-state index in [-0.39, 0.29) is 5.91 Å². The summed E-state index contributed by atoms with van der Waals surface area (Å²) >= 11 is 0. The van der Waals surface area contributed by atoms with Gasteiger partial charge < -0.3 is 20.5 Å². The molecule has 0 radical (unpaired) electrons. The molecule has 1 saturated heterocycles. The van der Waals surface area contributed by atoms with E-state index in [9.17, 15) is 4.79 Å². The van der Waals surface area contributed by atoms with Gasteiger partial charge in [-0.25, -0.2) is 0 Å². The van der Waals surface area contributed by atoms with E-state index in [4.69, 9.17) is 15.2 Å². The number of nitrogens with one attached hydrogen (secondary N) is 1. The molecule has 1 aliphatic rings. The normalized spacial score (nSPS) is 18.5. The fourth-order valence-corrected chi connectivity index (χ4v) is 2.12. The van der Waals surface area contributed by atoms with Crippen LogP contribution in [-0.4, -0.2) is 44.4 Å². The van der Waals surface area contributed by atoms with E-state index >= 15 is 0 Å². The van der Waals surface area contributed by atoms with E-state index in [1.165, 1.54) is 0 Å². The molecule has 112 valence electrons. The van der Waals surface area contributed by atoms with Crippen LogP contribution in [0.5, 0.6) is 0 Å². The summed E-state index contributed by atoms with van der Waals surface area (Å²) in [7, 11) is 0. The first kappa shape index (κ1) is 16.4. The number of ether oxygens (including phenoxy) is 2. The van der Waals surface area contributed by atoms with Gasteiger partial charge in [0, 0.05) is 26.4 Å². The van der Waals surface area contributed by atoms with Gasteiger partial charge in [-0.3, -0.25) is 4.79 Å². The third-order valence-corrected chi connectivity index (χ3v) is 3.20. The monoisotopic (exact) mass is 272 g/mol. The van der Waals surface area contributed by atoms with Crippen LogP contribution in [0, 0.1) is 5.92 Å². The van der Waals surface area contributed by atoms with Gasteiger partial charge in [0.15, 0.2) is 0 Å². The van der Waals surface area contributed by atoms with Gasteiger partial charge in [0.1, 0.15) is 0 Å². The van der Waals surface area contributed by atoms with Gasteiger partial charge in [0.2, 0.25) is 5.91 Å². The number of hydrogen-bond donors (Lipinski definition) is 2. The maximum atomic E-state index is 11.6.